The first-order valence-electron chi connectivity index (χ1n) is 4.64. The average molecular weight is 188 g/mol. The molecule has 1 rings (SSSR count). The standard InChI is InChI=1S/C9H20N2O2/c1-10-9(11(10)2,5-7-12-3)6-8-13-4/h5-8H2,1-4H3. The van der Waals surface area contributed by atoms with E-state index in [1.165, 1.54) is 0 Å². The van der Waals surface area contributed by atoms with Crippen molar-refractivity contribution in [2.45, 2.75) is 18.5 Å². The molecule has 2 unspecified atom stereocenters. The van der Waals surface area contributed by atoms with E-state index in [0.29, 0.717) is 0 Å². The summed E-state index contributed by atoms with van der Waals surface area (Å²) in [5.74, 6) is 0. The Morgan fingerprint density at radius 3 is 1.54 bits per heavy atom. The fourth-order valence-corrected chi connectivity index (χ4v) is 1.85. The van der Waals surface area contributed by atoms with Crippen LogP contribution in [0.3, 0.4) is 0 Å². The Kier molecular flexibility index (Phi) is 3.67. The van der Waals surface area contributed by atoms with Crippen molar-refractivity contribution in [1.82, 2.24) is 10.0 Å². The van der Waals surface area contributed by atoms with E-state index in [1.807, 2.05) is 0 Å². The van der Waals surface area contributed by atoms with Gasteiger partial charge in [0.1, 0.15) is 5.66 Å². The Morgan fingerprint density at radius 1 is 0.923 bits per heavy atom. The molecule has 0 amide bonds. The van der Waals surface area contributed by atoms with Crippen LogP contribution in [0.2, 0.25) is 0 Å². The Labute approximate surface area is 80.4 Å². The van der Waals surface area contributed by atoms with E-state index in [9.17, 15) is 0 Å². The van der Waals surface area contributed by atoms with Gasteiger partial charge in [-0.25, -0.2) is 10.0 Å². The molecule has 13 heavy (non-hydrogen) atoms. The molecule has 0 aromatic rings. The minimum Gasteiger partial charge on any atom is -0.385 e. The highest BCUT2D eigenvalue weighted by atomic mass is 16.5. The highest BCUT2D eigenvalue weighted by molar-refractivity contribution is 4.97. The molecular formula is C9H20N2O2. The largest absolute Gasteiger partial charge is 0.385 e. The fraction of sp³-hybridized carbons (Fsp3) is 1.00. The quantitative estimate of drug-likeness (QED) is 0.568. The van der Waals surface area contributed by atoms with Crippen LogP contribution in [0.4, 0.5) is 0 Å². The highest BCUT2D eigenvalue weighted by Crippen LogP contribution is 2.41. The van der Waals surface area contributed by atoms with Gasteiger partial charge < -0.3 is 9.47 Å². The number of ether oxygens (including phenoxy) is 2. The maximum atomic E-state index is 5.10. The first-order chi connectivity index (χ1) is 6.19. The molecule has 1 heterocycles. The van der Waals surface area contributed by atoms with Crippen LogP contribution >= 0.6 is 0 Å². The van der Waals surface area contributed by atoms with E-state index in [-0.39, 0.29) is 5.66 Å². The SMILES string of the molecule is COCCC1(CCOC)N(C)N1C. The normalized spacial score (nSPS) is 30.5. The van der Waals surface area contributed by atoms with Gasteiger partial charge in [-0.1, -0.05) is 0 Å². The smallest absolute Gasteiger partial charge is 0.104 e. The van der Waals surface area contributed by atoms with Gasteiger partial charge in [-0.15, -0.1) is 0 Å². The minimum absolute atomic E-state index is 0.187. The number of nitrogens with zero attached hydrogens (tertiary/aromatic N) is 2. The van der Waals surface area contributed by atoms with Crippen LogP contribution in [0.1, 0.15) is 12.8 Å². The molecule has 0 spiro atoms. The number of hydrazine groups is 1. The van der Waals surface area contributed by atoms with Gasteiger partial charge >= 0.3 is 0 Å². The third-order valence-corrected chi connectivity index (χ3v) is 3.03. The minimum atomic E-state index is 0.187. The van der Waals surface area contributed by atoms with Crippen LogP contribution < -0.4 is 0 Å². The molecule has 0 saturated carbocycles. The lowest BCUT2D eigenvalue weighted by Gasteiger charge is -2.13. The average Bonchev–Trinajstić information content (AvgIpc) is 2.65. The van der Waals surface area contributed by atoms with Gasteiger partial charge in [0.05, 0.1) is 0 Å². The third kappa shape index (κ3) is 2.02. The molecule has 0 aromatic heterocycles. The summed E-state index contributed by atoms with van der Waals surface area (Å²) in [4.78, 5) is 0. The lowest BCUT2D eigenvalue weighted by molar-refractivity contribution is 0.142. The van der Waals surface area contributed by atoms with Crippen molar-refractivity contribution in [1.29, 1.82) is 0 Å². The molecule has 1 saturated heterocycles. The molecule has 0 bridgehead atoms. The van der Waals surface area contributed by atoms with E-state index < -0.39 is 0 Å². The molecule has 0 aromatic carbocycles. The summed E-state index contributed by atoms with van der Waals surface area (Å²) in [5.41, 5.74) is 0.187. The third-order valence-electron chi connectivity index (χ3n) is 3.03. The van der Waals surface area contributed by atoms with E-state index >= 15 is 0 Å². The van der Waals surface area contributed by atoms with Gasteiger partial charge in [0.2, 0.25) is 0 Å². The summed E-state index contributed by atoms with van der Waals surface area (Å²) in [6.45, 7) is 1.61. The Morgan fingerprint density at radius 2 is 1.31 bits per heavy atom. The number of hydrogen-bond donors (Lipinski definition) is 0. The predicted octanol–water partition coefficient (Wildman–Crippen LogP) is 0.548. The van der Waals surface area contributed by atoms with Crippen molar-refractivity contribution in [3.63, 3.8) is 0 Å². The molecule has 2 atom stereocenters. The van der Waals surface area contributed by atoms with Gasteiger partial charge in [-0.3, -0.25) is 0 Å². The second kappa shape index (κ2) is 4.37. The molecule has 4 heteroatoms. The number of rotatable bonds is 6. The Bertz CT molecular complexity index is 146. The van der Waals surface area contributed by atoms with Crippen LogP contribution in [0.15, 0.2) is 0 Å². The van der Waals surface area contributed by atoms with Crippen molar-refractivity contribution >= 4 is 0 Å². The van der Waals surface area contributed by atoms with E-state index in [4.69, 9.17) is 9.47 Å². The zero-order valence-corrected chi connectivity index (χ0v) is 9.04. The molecule has 0 N–H and O–H groups in total. The Hall–Kier alpha value is -0.160. The molecule has 78 valence electrons. The monoisotopic (exact) mass is 188 g/mol. The number of methoxy groups -OCH3 is 2. The summed E-state index contributed by atoms with van der Waals surface area (Å²) < 4.78 is 10.2. The summed E-state index contributed by atoms with van der Waals surface area (Å²) in [6.07, 6.45) is 2.08. The van der Waals surface area contributed by atoms with Crippen LogP contribution in [-0.4, -0.2) is 57.2 Å². The lowest BCUT2D eigenvalue weighted by atomic mass is 10.1. The molecule has 1 aliphatic rings. The van der Waals surface area contributed by atoms with Gasteiger partial charge in [0.25, 0.3) is 0 Å². The van der Waals surface area contributed by atoms with Crippen LogP contribution in [-0.2, 0) is 9.47 Å². The molecule has 1 fully saturated rings. The summed E-state index contributed by atoms with van der Waals surface area (Å²) in [7, 11) is 7.69. The van der Waals surface area contributed by atoms with Crippen LogP contribution in [0, 0.1) is 0 Å². The van der Waals surface area contributed by atoms with Crippen molar-refractivity contribution in [3.8, 4) is 0 Å². The van der Waals surface area contributed by atoms with Gasteiger partial charge in [0.15, 0.2) is 0 Å². The molecule has 0 radical (unpaired) electrons. The Balaban J connectivity index is 2.38. The zero-order valence-electron chi connectivity index (χ0n) is 9.04. The maximum Gasteiger partial charge on any atom is 0.104 e. The van der Waals surface area contributed by atoms with Gasteiger partial charge in [0, 0.05) is 54.4 Å². The first kappa shape index (κ1) is 10.9. The lowest BCUT2D eigenvalue weighted by Crippen LogP contribution is -2.23. The summed E-state index contributed by atoms with van der Waals surface area (Å²) in [5, 5.41) is 4.48. The van der Waals surface area contributed by atoms with E-state index in [2.05, 4.69) is 24.1 Å². The maximum absolute atomic E-state index is 5.10. The van der Waals surface area contributed by atoms with E-state index in [0.717, 1.165) is 26.1 Å². The van der Waals surface area contributed by atoms with Crippen LogP contribution in [0.5, 0.6) is 0 Å². The zero-order chi connectivity index (χ0) is 9.90. The molecule has 0 aliphatic carbocycles. The topological polar surface area (TPSA) is 24.5 Å². The van der Waals surface area contributed by atoms with Gasteiger partial charge in [-0.05, 0) is 0 Å². The molecule has 1 aliphatic heterocycles. The molecular weight excluding hydrogens is 168 g/mol. The predicted molar refractivity (Wildman–Crippen MR) is 51.2 cm³/mol. The first-order valence-corrected chi connectivity index (χ1v) is 4.64. The van der Waals surface area contributed by atoms with E-state index in [1.54, 1.807) is 14.2 Å². The molecule has 4 nitrogen and oxygen atoms in total. The van der Waals surface area contributed by atoms with Crippen molar-refractivity contribution in [2.24, 2.45) is 0 Å². The number of hydrogen-bond acceptors (Lipinski definition) is 4. The van der Waals surface area contributed by atoms with Crippen LogP contribution in [0.25, 0.3) is 0 Å². The van der Waals surface area contributed by atoms with Crippen molar-refractivity contribution in [3.05, 3.63) is 0 Å². The van der Waals surface area contributed by atoms with Crippen molar-refractivity contribution in [2.75, 3.05) is 41.5 Å². The fourth-order valence-electron chi connectivity index (χ4n) is 1.85. The summed E-state index contributed by atoms with van der Waals surface area (Å²) in [6, 6.07) is 0. The summed E-state index contributed by atoms with van der Waals surface area (Å²) >= 11 is 0. The second-order valence-corrected chi connectivity index (χ2v) is 3.52. The second-order valence-electron chi connectivity index (χ2n) is 3.52. The highest BCUT2D eigenvalue weighted by Gasteiger charge is 2.54. The van der Waals surface area contributed by atoms with Gasteiger partial charge in [-0.2, -0.15) is 0 Å². The van der Waals surface area contributed by atoms with Crippen molar-refractivity contribution < 1.29 is 9.47 Å².